The Bertz CT molecular complexity index is 505. The topological polar surface area (TPSA) is 41.8 Å². The molecule has 0 amide bonds. The average molecular weight is 202 g/mol. The van der Waals surface area contributed by atoms with Gasteiger partial charge in [0.25, 0.3) is 0 Å². The van der Waals surface area contributed by atoms with Crippen LogP contribution in [0.1, 0.15) is 11.3 Å². The van der Waals surface area contributed by atoms with Crippen LogP contribution in [0.25, 0.3) is 10.9 Å². The largest absolute Gasteiger partial charge is 0.356 e. The lowest BCUT2D eigenvalue weighted by Gasteiger charge is -2.00. The Morgan fingerprint density at radius 2 is 2.20 bits per heavy atom. The average Bonchev–Trinajstić information content (AvgIpc) is 2.46. The van der Waals surface area contributed by atoms with Gasteiger partial charge in [-0.15, -0.1) is 0 Å². The summed E-state index contributed by atoms with van der Waals surface area (Å²) in [6, 6.07) is 3.11. The molecule has 3 N–H and O–H groups in total. The number of rotatable bonds is 2. The van der Waals surface area contributed by atoms with E-state index in [1.165, 1.54) is 6.07 Å². The molecule has 4 heteroatoms. The van der Waals surface area contributed by atoms with Gasteiger partial charge in [0.1, 0.15) is 13.7 Å². The second-order valence-electron chi connectivity index (χ2n) is 3.69. The molecule has 15 heavy (non-hydrogen) atoms. The van der Waals surface area contributed by atoms with Crippen LogP contribution in [0.4, 0.5) is 4.39 Å². The summed E-state index contributed by atoms with van der Waals surface area (Å²) in [4.78, 5) is 3.02. The molecular formula is C11H12BFN2. The summed E-state index contributed by atoms with van der Waals surface area (Å²) in [5.74, 6) is -0.309. The first-order valence-electron chi connectivity index (χ1n) is 4.89. The SMILES string of the molecule is [B]c1cc(F)c2[nH]c(C)c(CCN)c2c1. The van der Waals surface area contributed by atoms with E-state index in [1.807, 2.05) is 6.92 Å². The second-order valence-corrected chi connectivity index (χ2v) is 3.69. The third kappa shape index (κ3) is 1.65. The maximum atomic E-state index is 13.5. The molecule has 2 rings (SSSR count). The van der Waals surface area contributed by atoms with E-state index in [9.17, 15) is 4.39 Å². The van der Waals surface area contributed by atoms with Gasteiger partial charge in [0.15, 0.2) is 0 Å². The van der Waals surface area contributed by atoms with Crippen molar-refractivity contribution < 1.29 is 4.39 Å². The number of aromatic amines is 1. The van der Waals surface area contributed by atoms with Gasteiger partial charge in [0.05, 0.1) is 5.52 Å². The van der Waals surface area contributed by atoms with E-state index >= 15 is 0 Å². The van der Waals surface area contributed by atoms with Crippen LogP contribution in [0.5, 0.6) is 0 Å². The Balaban J connectivity index is 2.74. The summed E-state index contributed by atoms with van der Waals surface area (Å²) in [6.45, 7) is 2.46. The first-order valence-corrected chi connectivity index (χ1v) is 4.89. The molecule has 0 fully saturated rings. The maximum absolute atomic E-state index is 13.5. The van der Waals surface area contributed by atoms with Crippen LogP contribution >= 0.6 is 0 Å². The quantitative estimate of drug-likeness (QED) is 0.698. The lowest BCUT2D eigenvalue weighted by atomic mass is 9.93. The van der Waals surface area contributed by atoms with Gasteiger partial charge in [0.2, 0.25) is 0 Å². The predicted molar refractivity (Wildman–Crippen MR) is 61.1 cm³/mol. The number of fused-ring (bicyclic) bond motifs is 1. The van der Waals surface area contributed by atoms with Crippen LogP contribution in [-0.2, 0) is 6.42 Å². The van der Waals surface area contributed by atoms with Gasteiger partial charge in [-0.05, 0) is 31.5 Å². The number of nitrogens with one attached hydrogen (secondary N) is 1. The summed E-state index contributed by atoms with van der Waals surface area (Å²) in [6.07, 6.45) is 0.731. The minimum atomic E-state index is -0.309. The molecular weight excluding hydrogens is 190 g/mol. The molecule has 1 heterocycles. The standard InChI is InChI=1S/C11H12BFN2/c1-6-8(2-3-14)9-4-7(12)5-10(13)11(9)15-6/h4-5,15H,2-3,14H2,1H3. The van der Waals surface area contributed by atoms with Crippen molar-refractivity contribution in [2.24, 2.45) is 5.73 Å². The number of halogens is 1. The fraction of sp³-hybridized carbons (Fsp3) is 0.273. The van der Waals surface area contributed by atoms with Gasteiger partial charge in [-0.2, -0.15) is 0 Å². The van der Waals surface area contributed by atoms with E-state index in [0.29, 0.717) is 17.5 Å². The molecule has 0 bridgehead atoms. The molecule has 1 aromatic heterocycles. The molecule has 2 radical (unpaired) electrons. The molecule has 0 aliphatic rings. The molecule has 0 spiro atoms. The van der Waals surface area contributed by atoms with E-state index in [0.717, 1.165) is 23.1 Å². The van der Waals surface area contributed by atoms with E-state index in [2.05, 4.69) is 4.98 Å². The second kappa shape index (κ2) is 3.70. The van der Waals surface area contributed by atoms with Crippen LogP contribution in [-0.4, -0.2) is 19.4 Å². The number of benzene rings is 1. The maximum Gasteiger partial charge on any atom is 0.146 e. The molecule has 0 saturated heterocycles. The van der Waals surface area contributed by atoms with Gasteiger partial charge in [-0.1, -0.05) is 11.5 Å². The van der Waals surface area contributed by atoms with E-state index in [-0.39, 0.29) is 5.82 Å². The highest BCUT2D eigenvalue weighted by Gasteiger charge is 2.11. The van der Waals surface area contributed by atoms with Gasteiger partial charge in [-0.25, -0.2) is 4.39 Å². The van der Waals surface area contributed by atoms with Crippen LogP contribution in [0.15, 0.2) is 12.1 Å². The molecule has 0 aliphatic heterocycles. The fourth-order valence-electron chi connectivity index (χ4n) is 1.92. The van der Waals surface area contributed by atoms with Gasteiger partial charge >= 0.3 is 0 Å². The minimum absolute atomic E-state index is 0.309. The Morgan fingerprint density at radius 1 is 1.47 bits per heavy atom. The van der Waals surface area contributed by atoms with Crippen LogP contribution < -0.4 is 11.2 Å². The van der Waals surface area contributed by atoms with E-state index in [1.54, 1.807) is 6.07 Å². The summed E-state index contributed by atoms with van der Waals surface area (Å²) >= 11 is 0. The summed E-state index contributed by atoms with van der Waals surface area (Å²) in [5.41, 5.74) is 8.49. The number of H-pyrrole nitrogens is 1. The Hall–Kier alpha value is -1.29. The van der Waals surface area contributed by atoms with Crippen molar-refractivity contribution in [3.05, 3.63) is 29.2 Å². The lowest BCUT2D eigenvalue weighted by Crippen LogP contribution is -2.05. The third-order valence-corrected chi connectivity index (χ3v) is 2.60. The summed E-state index contributed by atoms with van der Waals surface area (Å²) in [5, 5.41) is 0.843. The molecule has 0 unspecified atom stereocenters. The van der Waals surface area contributed by atoms with E-state index in [4.69, 9.17) is 13.6 Å². The zero-order valence-electron chi connectivity index (χ0n) is 8.60. The van der Waals surface area contributed by atoms with Crippen LogP contribution in [0, 0.1) is 12.7 Å². The van der Waals surface area contributed by atoms with Crippen molar-refractivity contribution in [1.29, 1.82) is 0 Å². The Labute approximate surface area is 89.1 Å². The van der Waals surface area contributed by atoms with Crippen molar-refractivity contribution in [3.63, 3.8) is 0 Å². The Morgan fingerprint density at radius 3 is 2.87 bits per heavy atom. The minimum Gasteiger partial charge on any atom is -0.356 e. The van der Waals surface area contributed by atoms with Gasteiger partial charge in [0, 0.05) is 11.1 Å². The summed E-state index contributed by atoms with van der Waals surface area (Å²) in [7, 11) is 5.61. The van der Waals surface area contributed by atoms with Gasteiger partial charge < -0.3 is 10.7 Å². The number of aromatic nitrogens is 1. The number of nitrogens with two attached hydrogens (primary N) is 1. The monoisotopic (exact) mass is 202 g/mol. The third-order valence-electron chi connectivity index (χ3n) is 2.60. The fourth-order valence-corrected chi connectivity index (χ4v) is 1.92. The van der Waals surface area contributed by atoms with Crippen LogP contribution in [0.2, 0.25) is 0 Å². The van der Waals surface area contributed by atoms with Crippen molar-refractivity contribution in [2.75, 3.05) is 6.54 Å². The highest BCUT2D eigenvalue weighted by Crippen LogP contribution is 2.23. The van der Waals surface area contributed by atoms with Crippen molar-refractivity contribution in [3.8, 4) is 0 Å². The zero-order chi connectivity index (χ0) is 11.0. The smallest absolute Gasteiger partial charge is 0.146 e. The molecule has 1 aromatic carbocycles. The van der Waals surface area contributed by atoms with E-state index < -0.39 is 0 Å². The Kier molecular flexibility index (Phi) is 2.53. The summed E-state index contributed by atoms with van der Waals surface area (Å²) < 4.78 is 13.5. The van der Waals surface area contributed by atoms with Crippen molar-refractivity contribution in [1.82, 2.24) is 4.98 Å². The number of aryl methyl sites for hydroxylation is 1. The normalized spacial score (nSPS) is 11.1. The molecule has 76 valence electrons. The number of hydrogen-bond acceptors (Lipinski definition) is 1. The number of hydrogen-bond donors (Lipinski definition) is 2. The molecule has 0 atom stereocenters. The van der Waals surface area contributed by atoms with Crippen LogP contribution in [0.3, 0.4) is 0 Å². The van der Waals surface area contributed by atoms with Crippen molar-refractivity contribution >= 4 is 24.2 Å². The van der Waals surface area contributed by atoms with Crippen molar-refractivity contribution in [2.45, 2.75) is 13.3 Å². The molecule has 2 nitrogen and oxygen atoms in total. The molecule has 0 saturated carbocycles. The first-order chi connectivity index (χ1) is 7.13. The first kappa shape index (κ1) is 10.2. The van der Waals surface area contributed by atoms with Gasteiger partial charge in [-0.3, -0.25) is 0 Å². The zero-order valence-corrected chi connectivity index (χ0v) is 8.60. The lowest BCUT2D eigenvalue weighted by molar-refractivity contribution is 0.638. The highest BCUT2D eigenvalue weighted by molar-refractivity contribution is 6.33. The molecule has 2 aromatic rings. The highest BCUT2D eigenvalue weighted by atomic mass is 19.1. The predicted octanol–water partition coefficient (Wildman–Crippen LogP) is 0.910. The molecule has 0 aliphatic carbocycles.